The molecule has 2 aliphatic rings. The highest BCUT2D eigenvalue weighted by Gasteiger charge is 2.39. The van der Waals surface area contributed by atoms with Gasteiger partial charge in [-0.05, 0) is 37.0 Å². The van der Waals surface area contributed by atoms with Crippen molar-refractivity contribution in [3.05, 3.63) is 35.4 Å². The van der Waals surface area contributed by atoms with Crippen LogP contribution in [0.15, 0.2) is 24.3 Å². The highest BCUT2D eigenvalue weighted by molar-refractivity contribution is 5.32. The van der Waals surface area contributed by atoms with E-state index in [-0.39, 0.29) is 6.10 Å². The lowest BCUT2D eigenvalue weighted by molar-refractivity contribution is -0.0938. The van der Waals surface area contributed by atoms with Crippen molar-refractivity contribution in [3.63, 3.8) is 0 Å². The van der Waals surface area contributed by atoms with E-state index in [0.29, 0.717) is 18.8 Å². The minimum atomic E-state index is 0.262. The second-order valence-electron chi connectivity index (χ2n) is 5.97. The summed E-state index contributed by atoms with van der Waals surface area (Å²) in [4.78, 5) is 2.50. The Morgan fingerprint density at radius 1 is 1.38 bits per heavy atom. The summed E-state index contributed by atoms with van der Waals surface area (Å²) < 4.78 is 11.4. The average Bonchev–Trinajstić information content (AvgIpc) is 2.90. The Kier molecular flexibility index (Phi) is 4.54. The second-order valence-corrected chi connectivity index (χ2v) is 5.97. The number of nitrogens with zero attached hydrogens (tertiary/aromatic N) is 2. The second kappa shape index (κ2) is 6.57. The van der Waals surface area contributed by atoms with Gasteiger partial charge in [-0.15, -0.1) is 0 Å². The van der Waals surface area contributed by atoms with Gasteiger partial charge < -0.3 is 9.47 Å². The maximum atomic E-state index is 8.99. The van der Waals surface area contributed by atoms with Gasteiger partial charge >= 0.3 is 0 Å². The van der Waals surface area contributed by atoms with Crippen LogP contribution in [0.1, 0.15) is 30.4 Å². The molecule has 1 aromatic carbocycles. The quantitative estimate of drug-likeness (QED) is 0.852. The lowest BCUT2D eigenvalue weighted by Gasteiger charge is -2.35. The molecular weight excluding hydrogens is 264 g/mol. The molecule has 3 atom stereocenters. The van der Waals surface area contributed by atoms with E-state index in [2.05, 4.69) is 17.0 Å². The first-order valence-corrected chi connectivity index (χ1v) is 7.67. The first-order valence-electron chi connectivity index (χ1n) is 7.67. The average molecular weight is 286 g/mol. The molecule has 0 spiro atoms. The molecule has 0 amide bonds. The van der Waals surface area contributed by atoms with E-state index in [1.807, 2.05) is 18.2 Å². The zero-order chi connectivity index (χ0) is 14.7. The largest absolute Gasteiger partial charge is 0.382 e. The molecule has 2 saturated heterocycles. The molecule has 0 N–H and O–H groups in total. The Balaban J connectivity index is 1.62. The van der Waals surface area contributed by atoms with Crippen LogP contribution in [0, 0.1) is 11.3 Å². The monoisotopic (exact) mass is 286 g/mol. The third-order valence-corrected chi connectivity index (χ3v) is 4.54. The minimum Gasteiger partial charge on any atom is -0.382 e. The Morgan fingerprint density at radius 3 is 3.10 bits per heavy atom. The van der Waals surface area contributed by atoms with Crippen molar-refractivity contribution in [2.45, 2.75) is 44.1 Å². The third-order valence-electron chi connectivity index (χ3n) is 4.54. The van der Waals surface area contributed by atoms with Gasteiger partial charge in [-0.2, -0.15) is 5.26 Å². The molecule has 4 heteroatoms. The topological polar surface area (TPSA) is 45.5 Å². The summed E-state index contributed by atoms with van der Waals surface area (Å²) in [6, 6.07) is 10.6. The van der Waals surface area contributed by atoms with Crippen LogP contribution in [0.25, 0.3) is 0 Å². The number of ether oxygens (including phenoxy) is 2. The van der Waals surface area contributed by atoms with Crippen LogP contribution in [0.5, 0.6) is 0 Å². The molecule has 0 radical (unpaired) electrons. The lowest BCUT2D eigenvalue weighted by Crippen LogP contribution is -2.43. The van der Waals surface area contributed by atoms with E-state index >= 15 is 0 Å². The molecule has 1 aromatic rings. The smallest absolute Gasteiger partial charge is 0.0991 e. The summed E-state index contributed by atoms with van der Waals surface area (Å²) >= 11 is 0. The molecule has 2 fully saturated rings. The van der Waals surface area contributed by atoms with E-state index in [1.165, 1.54) is 12.0 Å². The predicted octanol–water partition coefficient (Wildman–Crippen LogP) is 2.33. The summed E-state index contributed by atoms with van der Waals surface area (Å²) in [7, 11) is 1.73. The first kappa shape index (κ1) is 14.5. The first-order chi connectivity index (χ1) is 10.3. The van der Waals surface area contributed by atoms with Crippen molar-refractivity contribution in [1.29, 1.82) is 5.26 Å². The van der Waals surface area contributed by atoms with Crippen LogP contribution in [-0.4, -0.2) is 43.4 Å². The lowest BCUT2D eigenvalue weighted by atomic mass is 9.99. The van der Waals surface area contributed by atoms with Gasteiger partial charge in [0.1, 0.15) is 0 Å². The highest BCUT2D eigenvalue weighted by atomic mass is 16.5. The van der Waals surface area contributed by atoms with E-state index in [4.69, 9.17) is 14.7 Å². The van der Waals surface area contributed by atoms with Crippen LogP contribution in [0.4, 0.5) is 0 Å². The van der Waals surface area contributed by atoms with Gasteiger partial charge in [0.2, 0.25) is 0 Å². The zero-order valence-electron chi connectivity index (χ0n) is 12.5. The number of rotatable bonds is 4. The Bertz CT molecular complexity index is 526. The van der Waals surface area contributed by atoms with Gasteiger partial charge in [0, 0.05) is 26.2 Å². The number of likely N-dealkylation sites (tertiary alicyclic amines) is 1. The molecule has 2 heterocycles. The fourth-order valence-corrected chi connectivity index (χ4v) is 3.56. The molecule has 2 aliphatic heterocycles. The van der Waals surface area contributed by atoms with Crippen molar-refractivity contribution >= 4 is 0 Å². The van der Waals surface area contributed by atoms with Crippen molar-refractivity contribution in [2.24, 2.45) is 0 Å². The van der Waals surface area contributed by atoms with Crippen LogP contribution in [0.3, 0.4) is 0 Å². The summed E-state index contributed by atoms with van der Waals surface area (Å²) in [6.45, 7) is 2.69. The molecule has 0 saturated carbocycles. The number of nitriles is 1. The van der Waals surface area contributed by atoms with E-state index in [9.17, 15) is 0 Å². The normalized spacial score (nSPS) is 29.0. The number of hydrogen-bond donors (Lipinski definition) is 0. The maximum absolute atomic E-state index is 8.99. The summed E-state index contributed by atoms with van der Waals surface area (Å²) in [5.74, 6) is 0. The minimum absolute atomic E-state index is 0.262. The molecule has 21 heavy (non-hydrogen) atoms. The van der Waals surface area contributed by atoms with Gasteiger partial charge in [-0.1, -0.05) is 12.1 Å². The van der Waals surface area contributed by atoms with Crippen LogP contribution < -0.4 is 0 Å². The van der Waals surface area contributed by atoms with Gasteiger partial charge in [-0.3, -0.25) is 4.90 Å². The number of methoxy groups -OCH3 is 1. The fraction of sp³-hybridized carbons (Fsp3) is 0.588. The van der Waals surface area contributed by atoms with Crippen LogP contribution in [-0.2, 0) is 16.0 Å². The number of benzene rings is 1. The summed E-state index contributed by atoms with van der Waals surface area (Å²) in [5, 5.41) is 8.99. The van der Waals surface area contributed by atoms with Crippen molar-refractivity contribution in [2.75, 3.05) is 20.3 Å². The summed E-state index contributed by atoms with van der Waals surface area (Å²) in [5.41, 5.74) is 1.96. The number of fused-ring (bicyclic) bond motifs is 1. The SMILES string of the molecule is COC[C@H]1CC[C@H]2[C@H](CCN2Cc2cccc(C#N)c2)O1. The Labute approximate surface area is 126 Å². The highest BCUT2D eigenvalue weighted by Crippen LogP contribution is 2.32. The van der Waals surface area contributed by atoms with E-state index in [1.54, 1.807) is 7.11 Å². The van der Waals surface area contributed by atoms with E-state index < -0.39 is 0 Å². The maximum Gasteiger partial charge on any atom is 0.0991 e. The molecule has 3 rings (SSSR count). The van der Waals surface area contributed by atoms with Gasteiger partial charge in [0.05, 0.1) is 30.4 Å². The van der Waals surface area contributed by atoms with Crippen LogP contribution >= 0.6 is 0 Å². The molecule has 0 bridgehead atoms. The molecule has 112 valence electrons. The van der Waals surface area contributed by atoms with Gasteiger partial charge in [-0.25, -0.2) is 0 Å². The van der Waals surface area contributed by atoms with E-state index in [0.717, 1.165) is 31.5 Å². The van der Waals surface area contributed by atoms with Crippen molar-refractivity contribution in [1.82, 2.24) is 4.90 Å². The summed E-state index contributed by atoms with van der Waals surface area (Å²) in [6.07, 6.45) is 3.96. The number of hydrogen-bond acceptors (Lipinski definition) is 4. The fourth-order valence-electron chi connectivity index (χ4n) is 3.56. The Morgan fingerprint density at radius 2 is 2.29 bits per heavy atom. The zero-order valence-corrected chi connectivity index (χ0v) is 12.5. The standard InChI is InChI=1S/C17H22N2O2/c1-20-12-15-5-6-16-17(21-15)7-8-19(16)11-14-4-2-3-13(9-14)10-18/h2-4,9,15-17H,5-8,11-12H2,1H3/t15-,16+,17+/m1/s1. The van der Waals surface area contributed by atoms with Crippen LogP contribution in [0.2, 0.25) is 0 Å². The molecule has 0 aromatic heterocycles. The van der Waals surface area contributed by atoms with Gasteiger partial charge in [0.15, 0.2) is 0 Å². The predicted molar refractivity (Wildman–Crippen MR) is 79.7 cm³/mol. The molecular formula is C17H22N2O2. The van der Waals surface area contributed by atoms with Crippen molar-refractivity contribution in [3.8, 4) is 6.07 Å². The molecule has 0 unspecified atom stereocenters. The molecule has 0 aliphatic carbocycles. The third kappa shape index (κ3) is 3.26. The van der Waals surface area contributed by atoms with Gasteiger partial charge in [0.25, 0.3) is 0 Å². The Hall–Kier alpha value is -1.41. The van der Waals surface area contributed by atoms with Crippen molar-refractivity contribution < 1.29 is 9.47 Å². The molecule has 4 nitrogen and oxygen atoms in total.